The average Bonchev–Trinajstić information content (AvgIpc) is 3.54. The van der Waals surface area contributed by atoms with Gasteiger partial charge in [-0.05, 0) is 103 Å². The molecule has 0 heterocycles. The zero-order valence-corrected chi connectivity index (χ0v) is 62.8. The van der Waals surface area contributed by atoms with Crippen LogP contribution in [0.3, 0.4) is 0 Å². The fourth-order valence-electron chi connectivity index (χ4n) is 11.4. The van der Waals surface area contributed by atoms with E-state index >= 15 is 0 Å². The van der Waals surface area contributed by atoms with Crippen LogP contribution in [0.5, 0.6) is 0 Å². The van der Waals surface area contributed by atoms with Crippen LogP contribution in [-0.4, -0.2) is 87.4 Å². The van der Waals surface area contributed by atoms with Gasteiger partial charge in [-0.25, -0.2) is 4.79 Å². The molecule has 0 aromatic carbocycles. The molecule has 0 aromatic rings. The quantitative estimate of drug-likeness (QED) is 0.0211. The van der Waals surface area contributed by atoms with Crippen molar-refractivity contribution in [2.45, 2.75) is 373 Å². The van der Waals surface area contributed by atoms with Gasteiger partial charge >= 0.3 is 17.9 Å². The van der Waals surface area contributed by atoms with Crippen molar-refractivity contribution in [2.75, 3.05) is 47.5 Å². The van der Waals surface area contributed by atoms with E-state index < -0.39 is 18.4 Å². The fraction of sp³-hybridized carbons (Fsp3) is 0.756. The molecule has 0 aromatic heterocycles. The van der Waals surface area contributed by atoms with Gasteiger partial charge in [0.25, 0.3) is 6.29 Å². The predicted octanol–water partition coefficient (Wildman–Crippen LogP) is 25.7. The molecule has 95 heavy (non-hydrogen) atoms. The molecule has 9 nitrogen and oxygen atoms in total. The normalized spacial score (nSPS) is 13.2. The standard InChI is InChI=1S/C86H151NO8/c1-6-8-10-12-14-16-18-20-22-24-26-28-30-32-34-36-37-38-39-40-41-42-43-44-45-46-47-49-51-53-55-57-59-61-63-65-67-69-71-73-75-77-84(89)95-82(81-94-86(85(90)91)92-79-78-87(3,4)5)80-93-83(88)76-74-72-70-68-66-64-62-60-58-56-54-52-50-48-35-33-31-29-27-25-23-21-19-17-15-13-11-9-7-2/h8,10,14,16,19-22,25-28,31-34,37-38,82,86H,6-7,9,11-13,15,17-18,23-24,29-30,35-36,39-81H2,1-5H3/p+1/b10-8-,16-14-,21-19-,22-20-,27-25-,28-26-,33-31-,34-32-,38-37-. The number of carbonyl (C=O) groups excluding carboxylic acids is 2. The molecule has 2 atom stereocenters. The molecule has 9 heteroatoms. The van der Waals surface area contributed by atoms with E-state index in [4.69, 9.17) is 18.9 Å². The molecule has 0 amide bonds. The molecule has 0 bridgehead atoms. The van der Waals surface area contributed by atoms with Crippen LogP contribution in [0.1, 0.15) is 361 Å². The highest BCUT2D eigenvalue weighted by atomic mass is 16.7. The van der Waals surface area contributed by atoms with Gasteiger partial charge < -0.3 is 28.5 Å². The van der Waals surface area contributed by atoms with E-state index in [9.17, 15) is 19.5 Å². The number of aliphatic carboxylic acids is 1. The topological polar surface area (TPSA) is 108 Å². The molecule has 0 aliphatic carbocycles. The molecule has 0 saturated heterocycles. The van der Waals surface area contributed by atoms with Crippen molar-refractivity contribution in [3.05, 3.63) is 109 Å². The Bertz CT molecular complexity index is 1930. The Morgan fingerprint density at radius 1 is 0.326 bits per heavy atom. The van der Waals surface area contributed by atoms with Crippen LogP contribution < -0.4 is 0 Å². The summed E-state index contributed by atoms with van der Waals surface area (Å²) in [5, 5.41) is 9.77. The Hall–Kier alpha value is -4.05. The van der Waals surface area contributed by atoms with Gasteiger partial charge in [0.05, 0.1) is 34.4 Å². The van der Waals surface area contributed by atoms with E-state index in [1.807, 2.05) is 21.1 Å². The third-order valence-corrected chi connectivity index (χ3v) is 17.5. The van der Waals surface area contributed by atoms with Gasteiger partial charge in [-0.15, -0.1) is 0 Å². The van der Waals surface area contributed by atoms with E-state index in [2.05, 4.69) is 123 Å². The van der Waals surface area contributed by atoms with Crippen molar-refractivity contribution in [3.8, 4) is 0 Å². The molecule has 1 N–H and O–H groups in total. The van der Waals surface area contributed by atoms with E-state index in [0.717, 1.165) is 89.9 Å². The smallest absolute Gasteiger partial charge is 0.361 e. The number of carboxylic acid groups (broad SMARTS) is 1. The summed E-state index contributed by atoms with van der Waals surface area (Å²) in [7, 11) is 5.99. The van der Waals surface area contributed by atoms with Gasteiger partial charge in [-0.1, -0.05) is 354 Å². The molecule has 0 fully saturated rings. The minimum absolute atomic E-state index is 0.182. The van der Waals surface area contributed by atoms with Crippen molar-refractivity contribution in [2.24, 2.45) is 0 Å². The highest BCUT2D eigenvalue weighted by molar-refractivity contribution is 5.71. The van der Waals surface area contributed by atoms with Crippen molar-refractivity contribution in [1.29, 1.82) is 0 Å². The lowest BCUT2D eigenvalue weighted by atomic mass is 10.0. The maximum Gasteiger partial charge on any atom is 0.361 e. The molecule has 548 valence electrons. The van der Waals surface area contributed by atoms with Crippen LogP contribution >= 0.6 is 0 Å². The monoisotopic (exact) mass is 1330 g/mol. The summed E-state index contributed by atoms with van der Waals surface area (Å²) in [6, 6.07) is 0. The number of carbonyl (C=O) groups is 3. The first-order valence-corrected chi connectivity index (χ1v) is 40.1. The predicted molar refractivity (Wildman–Crippen MR) is 410 cm³/mol. The Balaban J connectivity index is 4.00. The van der Waals surface area contributed by atoms with Crippen molar-refractivity contribution in [3.63, 3.8) is 0 Å². The maximum absolute atomic E-state index is 13.0. The van der Waals surface area contributed by atoms with Crippen LogP contribution in [0.2, 0.25) is 0 Å². The zero-order chi connectivity index (χ0) is 69.0. The fourth-order valence-corrected chi connectivity index (χ4v) is 11.4. The highest BCUT2D eigenvalue weighted by Gasteiger charge is 2.25. The van der Waals surface area contributed by atoms with Crippen LogP contribution in [0.15, 0.2) is 109 Å². The Labute approximate surface area is 587 Å². The number of nitrogens with zero attached hydrogens (tertiary/aromatic N) is 1. The molecule has 0 aliphatic rings. The lowest BCUT2D eigenvalue weighted by Crippen LogP contribution is -2.40. The van der Waals surface area contributed by atoms with E-state index in [1.165, 1.54) is 244 Å². The summed E-state index contributed by atoms with van der Waals surface area (Å²) in [4.78, 5) is 37.7. The van der Waals surface area contributed by atoms with Crippen LogP contribution in [0.25, 0.3) is 0 Å². The highest BCUT2D eigenvalue weighted by Crippen LogP contribution is 2.19. The van der Waals surface area contributed by atoms with Gasteiger partial charge in [0.1, 0.15) is 13.2 Å². The van der Waals surface area contributed by atoms with E-state index in [1.54, 1.807) is 0 Å². The molecule has 0 aliphatic heterocycles. The largest absolute Gasteiger partial charge is 0.477 e. The van der Waals surface area contributed by atoms with E-state index in [0.29, 0.717) is 17.4 Å². The van der Waals surface area contributed by atoms with Crippen LogP contribution in [-0.2, 0) is 33.3 Å². The molecular formula is C86H152NO8+. The summed E-state index contributed by atoms with van der Waals surface area (Å²) in [5.74, 6) is -1.99. The van der Waals surface area contributed by atoms with Crippen molar-refractivity contribution >= 4 is 17.9 Å². The summed E-state index contributed by atoms with van der Waals surface area (Å²) in [6.45, 7) is 4.79. The Morgan fingerprint density at radius 2 is 0.600 bits per heavy atom. The second-order valence-corrected chi connectivity index (χ2v) is 28.0. The van der Waals surface area contributed by atoms with Gasteiger partial charge in [-0.3, -0.25) is 9.59 Å². The van der Waals surface area contributed by atoms with Crippen molar-refractivity contribution in [1.82, 2.24) is 0 Å². The first-order chi connectivity index (χ1) is 46.6. The number of ether oxygens (including phenoxy) is 4. The molecular weight excluding hydrogens is 1170 g/mol. The Kier molecular flexibility index (Phi) is 72.5. The van der Waals surface area contributed by atoms with E-state index in [-0.39, 0.29) is 38.2 Å². The average molecular weight is 1330 g/mol. The number of allylic oxidation sites excluding steroid dienone is 18. The number of unbranched alkanes of at least 4 members (excludes halogenated alkanes) is 41. The summed E-state index contributed by atoms with van der Waals surface area (Å²) in [5.41, 5.74) is 0. The Morgan fingerprint density at radius 3 is 0.895 bits per heavy atom. The molecule has 0 spiro atoms. The molecule has 2 unspecified atom stereocenters. The number of esters is 2. The number of hydrogen-bond acceptors (Lipinski definition) is 7. The van der Waals surface area contributed by atoms with Crippen molar-refractivity contribution < 1.29 is 42.9 Å². The lowest BCUT2D eigenvalue weighted by molar-refractivity contribution is -0.870. The summed E-state index contributed by atoms with van der Waals surface area (Å²) in [6.07, 6.45) is 104. The molecule has 0 rings (SSSR count). The third-order valence-electron chi connectivity index (χ3n) is 17.5. The van der Waals surface area contributed by atoms with Gasteiger partial charge in [0.2, 0.25) is 0 Å². The number of quaternary nitrogens is 1. The molecule has 0 radical (unpaired) electrons. The zero-order valence-electron chi connectivity index (χ0n) is 62.8. The van der Waals surface area contributed by atoms with Gasteiger partial charge in [0, 0.05) is 12.8 Å². The second kappa shape index (κ2) is 75.7. The SMILES string of the molecule is CC/C=C\C/C=C\C/C=C\C/C=C\C/C=C\C/C=C\CCCCCCCCCCCCCCCCCCCCCCCCC(=O)OC(COC(=O)CCCCCCCCCCCCCCCC/C=C\C/C=C\C/C=C\CCCCCCC)COC(OCC[N+](C)(C)C)C(=O)O. The summed E-state index contributed by atoms with van der Waals surface area (Å²) < 4.78 is 23.1. The number of likely N-dealkylation sites (N-methyl/N-ethyl adjacent to an activating group) is 1. The first-order valence-electron chi connectivity index (χ1n) is 40.1. The van der Waals surface area contributed by atoms with Crippen LogP contribution in [0.4, 0.5) is 0 Å². The van der Waals surface area contributed by atoms with Gasteiger partial charge in [0.15, 0.2) is 6.10 Å². The third kappa shape index (κ3) is 77.2. The van der Waals surface area contributed by atoms with Crippen LogP contribution in [0, 0.1) is 0 Å². The summed E-state index contributed by atoms with van der Waals surface area (Å²) >= 11 is 0. The second-order valence-electron chi connectivity index (χ2n) is 28.0. The number of hydrogen-bond donors (Lipinski definition) is 1. The maximum atomic E-state index is 13.0. The first kappa shape index (κ1) is 91.0. The molecule has 0 saturated carbocycles. The van der Waals surface area contributed by atoms with Gasteiger partial charge in [-0.2, -0.15) is 0 Å². The lowest BCUT2D eigenvalue weighted by Gasteiger charge is -2.25. The minimum atomic E-state index is -1.51. The minimum Gasteiger partial charge on any atom is -0.477 e. The number of carboxylic acids is 1. The number of rotatable bonds is 74.